The molecule has 2 amide bonds. The molecule has 1 aliphatic rings. The minimum Gasteiger partial charge on any atom is -0.352 e. The van der Waals surface area contributed by atoms with Crippen molar-refractivity contribution in [3.8, 4) is 0 Å². The minimum atomic E-state index is -0.129. The molecule has 3 aromatic rings. The first-order chi connectivity index (χ1) is 15.1. The van der Waals surface area contributed by atoms with Gasteiger partial charge in [-0.05, 0) is 49.4 Å². The van der Waals surface area contributed by atoms with E-state index in [2.05, 4.69) is 17.2 Å². The number of pyridine rings is 1. The van der Waals surface area contributed by atoms with Crippen LogP contribution in [0.1, 0.15) is 42.4 Å². The van der Waals surface area contributed by atoms with Crippen molar-refractivity contribution in [2.75, 3.05) is 19.6 Å². The van der Waals surface area contributed by atoms with E-state index in [1.807, 2.05) is 33.7 Å². The molecule has 2 aromatic heterocycles. The maximum atomic E-state index is 13.0. The third-order valence-corrected chi connectivity index (χ3v) is 5.95. The Morgan fingerprint density at radius 1 is 1.13 bits per heavy atom. The first-order valence-electron chi connectivity index (χ1n) is 11.0. The number of rotatable bonds is 7. The van der Waals surface area contributed by atoms with Crippen molar-refractivity contribution in [1.29, 1.82) is 0 Å². The van der Waals surface area contributed by atoms with Crippen molar-refractivity contribution in [1.82, 2.24) is 24.8 Å². The molecule has 1 fully saturated rings. The highest BCUT2D eigenvalue weighted by Crippen LogP contribution is 2.20. The van der Waals surface area contributed by atoms with Gasteiger partial charge >= 0.3 is 0 Å². The van der Waals surface area contributed by atoms with Gasteiger partial charge in [-0.15, -0.1) is 0 Å². The number of piperidine rings is 1. The molecule has 3 heterocycles. The van der Waals surface area contributed by atoms with Gasteiger partial charge in [-0.25, -0.2) is 4.98 Å². The first kappa shape index (κ1) is 21.0. The standard InChI is InChI=1S/C24H29N5O2/c1-18-10-14-28(15-11-18)23(30)17-29-21-8-3-2-7-20(21)27-22(29)9-5-13-26-24(31)19-6-4-12-25-16-19/h2-4,6-8,12,16,18H,5,9-11,13-15,17H2,1H3,(H,26,31). The number of aromatic nitrogens is 3. The van der Waals surface area contributed by atoms with Crippen LogP contribution in [0, 0.1) is 5.92 Å². The van der Waals surface area contributed by atoms with E-state index in [-0.39, 0.29) is 11.8 Å². The highest BCUT2D eigenvalue weighted by molar-refractivity contribution is 5.93. The van der Waals surface area contributed by atoms with Crippen LogP contribution in [0.15, 0.2) is 48.8 Å². The van der Waals surface area contributed by atoms with Gasteiger partial charge < -0.3 is 14.8 Å². The van der Waals surface area contributed by atoms with Crippen molar-refractivity contribution >= 4 is 22.8 Å². The lowest BCUT2D eigenvalue weighted by atomic mass is 9.99. The molecule has 0 bridgehead atoms. The Bertz CT molecular complexity index is 1040. The summed E-state index contributed by atoms with van der Waals surface area (Å²) in [4.78, 5) is 35.9. The van der Waals surface area contributed by atoms with E-state index >= 15 is 0 Å². The Labute approximate surface area is 182 Å². The predicted molar refractivity (Wildman–Crippen MR) is 120 cm³/mol. The van der Waals surface area contributed by atoms with E-state index in [9.17, 15) is 9.59 Å². The maximum Gasteiger partial charge on any atom is 0.252 e. The lowest BCUT2D eigenvalue weighted by molar-refractivity contribution is -0.133. The zero-order chi connectivity index (χ0) is 21.6. The molecule has 0 aliphatic carbocycles. The van der Waals surface area contributed by atoms with Crippen molar-refractivity contribution in [2.24, 2.45) is 5.92 Å². The molecule has 162 valence electrons. The molecule has 31 heavy (non-hydrogen) atoms. The van der Waals surface area contributed by atoms with Crippen LogP contribution in [-0.2, 0) is 17.8 Å². The Morgan fingerprint density at radius 2 is 1.94 bits per heavy atom. The molecular formula is C24H29N5O2. The molecule has 0 atom stereocenters. The second-order valence-electron chi connectivity index (χ2n) is 8.27. The van der Waals surface area contributed by atoms with Gasteiger partial charge in [0, 0.05) is 38.4 Å². The molecule has 4 rings (SSSR count). The monoisotopic (exact) mass is 419 g/mol. The average Bonchev–Trinajstić information content (AvgIpc) is 3.15. The van der Waals surface area contributed by atoms with Crippen LogP contribution in [0.5, 0.6) is 0 Å². The number of hydrogen-bond acceptors (Lipinski definition) is 4. The van der Waals surface area contributed by atoms with Crippen molar-refractivity contribution in [2.45, 2.75) is 39.2 Å². The van der Waals surface area contributed by atoms with Crippen LogP contribution in [0.4, 0.5) is 0 Å². The summed E-state index contributed by atoms with van der Waals surface area (Å²) < 4.78 is 2.04. The van der Waals surface area contributed by atoms with Crippen molar-refractivity contribution in [3.63, 3.8) is 0 Å². The van der Waals surface area contributed by atoms with Crippen LogP contribution in [0.2, 0.25) is 0 Å². The van der Waals surface area contributed by atoms with Crippen molar-refractivity contribution in [3.05, 3.63) is 60.2 Å². The zero-order valence-corrected chi connectivity index (χ0v) is 18.0. The number of nitrogens with zero attached hydrogens (tertiary/aromatic N) is 4. The van der Waals surface area contributed by atoms with Gasteiger partial charge in [0.15, 0.2) is 0 Å². The van der Waals surface area contributed by atoms with Crippen LogP contribution in [0.3, 0.4) is 0 Å². The van der Waals surface area contributed by atoms with Crippen LogP contribution in [0.25, 0.3) is 11.0 Å². The van der Waals surface area contributed by atoms with Crippen LogP contribution < -0.4 is 5.32 Å². The number of fused-ring (bicyclic) bond motifs is 1. The average molecular weight is 420 g/mol. The highest BCUT2D eigenvalue weighted by Gasteiger charge is 2.22. The topological polar surface area (TPSA) is 80.1 Å². The summed E-state index contributed by atoms with van der Waals surface area (Å²) in [6.45, 7) is 4.77. The number of benzene rings is 1. The van der Waals surface area contributed by atoms with Gasteiger partial charge in [0.1, 0.15) is 12.4 Å². The molecule has 1 N–H and O–H groups in total. The third-order valence-electron chi connectivity index (χ3n) is 5.95. The number of carbonyl (C=O) groups is 2. The summed E-state index contributed by atoms with van der Waals surface area (Å²) in [6, 6.07) is 11.4. The fourth-order valence-electron chi connectivity index (χ4n) is 4.03. The smallest absolute Gasteiger partial charge is 0.252 e. The molecule has 0 radical (unpaired) electrons. The first-order valence-corrected chi connectivity index (χ1v) is 11.0. The fraction of sp³-hybridized carbons (Fsp3) is 0.417. The molecule has 0 unspecified atom stereocenters. The predicted octanol–water partition coefficient (Wildman–Crippen LogP) is 3.05. The van der Waals surface area contributed by atoms with E-state index in [0.717, 1.165) is 49.2 Å². The summed E-state index contributed by atoms with van der Waals surface area (Å²) in [7, 11) is 0. The lowest BCUT2D eigenvalue weighted by Crippen LogP contribution is -2.40. The number of imidazole rings is 1. The Balaban J connectivity index is 1.40. The summed E-state index contributed by atoms with van der Waals surface area (Å²) in [5.41, 5.74) is 2.43. The summed E-state index contributed by atoms with van der Waals surface area (Å²) >= 11 is 0. The largest absolute Gasteiger partial charge is 0.352 e. The number of para-hydroxylation sites is 2. The number of hydrogen-bond donors (Lipinski definition) is 1. The minimum absolute atomic E-state index is 0.129. The molecule has 1 aliphatic heterocycles. The van der Waals surface area contributed by atoms with E-state index in [1.165, 1.54) is 0 Å². The molecule has 7 nitrogen and oxygen atoms in total. The molecule has 7 heteroatoms. The number of aryl methyl sites for hydroxylation is 1. The van der Waals surface area contributed by atoms with Gasteiger partial charge in [-0.1, -0.05) is 19.1 Å². The molecular weight excluding hydrogens is 390 g/mol. The summed E-state index contributed by atoms with van der Waals surface area (Å²) in [5, 5.41) is 2.93. The van der Waals surface area contributed by atoms with E-state index in [4.69, 9.17) is 4.98 Å². The SMILES string of the molecule is CC1CCN(C(=O)Cn2c(CCCNC(=O)c3cccnc3)nc3ccccc32)CC1. The molecule has 0 spiro atoms. The quantitative estimate of drug-likeness (QED) is 0.597. The second-order valence-corrected chi connectivity index (χ2v) is 8.27. The van der Waals surface area contributed by atoms with Gasteiger partial charge in [-0.3, -0.25) is 14.6 Å². The van der Waals surface area contributed by atoms with Crippen LogP contribution in [-0.4, -0.2) is 50.9 Å². The summed E-state index contributed by atoms with van der Waals surface area (Å²) in [5.74, 6) is 1.60. The number of amides is 2. The number of carbonyl (C=O) groups excluding carboxylic acids is 2. The molecule has 1 aromatic carbocycles. The summed E-state index contributed by atoms with van der Waals surface area (Å²) in [6.07, 6.45) is 6.77. The van der Waals surface area contributed by atoms with Gasteiger partial charge in [0.05, 0.1) is 16.6 Å². The fourth-order valence-corrected chi connectivity index (χ4v) is 4.03. The van der Waals surface area contributed by atoms with Crippen LogP contribution >= 0.6 is 0 Å². The van der Waals surface area contributed by atoms with E-state index in [0.29, 0.717) is 31.0 Å². The second kappa shape index (κ2) is 9.73. The molecule has 1 saturated heterocycles. The number of nitrogens with one attached hydrogen (secondary N) is 1. The van der Waals surface area contributed by atoms with Crippen molar-refractivity contribution < 1.29 is 9.59 Å². The highest BCUT2D eigenvalue weighted by atomic mass is 16.2. The zero-order valence-electron chi connectivity index (χ0n) is 18.0. The van der Waals surface area contributed by atoms with Gasteiger partial charge in [-0.2, -0.15) is 0 Å². The normalized spacial score (nSPS) is 14.7. The number of likely N-dealkylation sites (tertiary alicyclic amines) is 1. The lowest BCUT2D eigenvalue weighted by Gasteiger charge is -2.30. The molecule has 0 saturated carbocycles. The maximum absolute atomic E-state index is 13.0. The van der Waals surface area contributed by atoms with Gasteiger partial charge in [0.2, 0.25) is 5.91 Å². The Kier molecular flexibility index (Phi) is 6.60. The third kappa shape index (κ3) is 5.10. The van der Waals surface area contributed by atoms with E-state index in [1.54, 1.807) is 24.5 Å². The Morgan fingerprint density at radius 3 is 2.71 bits per heavy atom. The Hall–Kier alpha value is -3.22. The van der Waals surface area contributed by atoms with Gasteiger partial charge in [0.25, 0.3) is 5.91 Å². The van der Waals surface area contributed by atoms with E-state index < -0.39 is 0 Å².